The number of carbonyl (C=O) groups excluding carboxylic acids is 1. The maximum absolute atomic E-state index is 11.5. The van der Waals surface area contributed by atoms with E-state index in [1.807, 2.05) is 6.08 Å². The molecule has 15 heavy (non-hydrogen) atoms. The molecular formula is C14H20O. The van der Waals surface area contributed by atoms with Crippen molar-refractivity contribution in [2.24, 2.45) is 11.8 Å². The molecule has 0 heterocycles. The highest BCUT2D eigenvalue weighted by Crippen LogP contribution is 2.43. The summed E-state index contributed by atoms with van der Waals surface area (Å²) in [5, 5.41) is 0. The maximum Gasteiger partial charge on any atom is 0.156 e. The van der Waals surface area contributed by atoms with Crippen LogP contribution >= 0.6 is 0 Å². The van der Waals surface area contributed by atoms with E-state index in [1.54, 1.807) is 0 Å². The topological polar surface area (TPSA) is 17.1 Å². The first-order chi connectivity index (χ1) is 7.09. The Bertz CT molecular complexity index is 342. The molecule has 1 saturated carbocycles. The number of hydrogen-bond donors (Lipinski definition) is 0. The van der Waals surface area contributed by atoms with E-state index in [0.29, 0.717) is 11.7 Å². The van der Waals surface area contributed by atoms with Crippen LogP contribution in [0.25, 0.3) is 0 Å². The molecule has 0 N–H and O–H groups in total. The van der Waals surface area contributed by atoms with Gasteiger partial charge in [0.1, 0.15) is 0 Å². The van der Waals surface area contributed by atoms with Gasteiger partial charge in [-0.05, 0) is 62.2 Å². The molecule has 0 aromatic rings. The van der Waals surface area contributed by atoms with Crippen LogP contribution in [0.3, 0.4) is 0 Å². The predicted octanol–water partition coefficient (Wildman–Crippen LogP) is 3.66. The lowest BCUT2D eigenvalue weighted by Crippen LogP contribution is -2.26. The maximum atomic E-state index is 11.5. The molecule has 0 aromatic heterocycles. The second-order valence-electron chi connectivity index (χ2n) is 5.21. The van der Waals surface area contributed by atoms with Crippen molar-refractivity contribution in [3.8, 4) is 0 Å². The number of rotatable bonds is 0. The highest BCUT2D eigenvalue weighted by atomic mass is 16.1. The SMILES string of the molecule is CC(C)=C1CC[C@@H](C)[C@@H]2CCC(=O)C=C12. The number of hydrogen-bond acceptors (Lipinski definition) is 1. The highest BCUT2D eigenvalue weighted by molar-refractivity contribution is 5.92. The predicted molar refractivity (Wildman–Crippen MR) is 62.6 cm³/mol. The molecule has 0 radical (unpaired) electrons. The van der Waals surface area contributed by atoms with Gasteiger partial charge in [0.05, 0.1) is 0 Å². The summed E-state index contributed by atoms with van der Waals surface area (Å²) in [5.41, 5.74) is 4.23. The van der Waals surface area contributed by atoms with Crippen molar-refractivity contribution < 1.29 is 4.79 Å². The lowest BCUT2D eigenvalue weighted by Gasteiger charge is -2.36. The van der Waals surface area contributed by atoms with E-state index in [0.717, 1.165) is 18.8 Å². The van der Waals surface area contributed by atoms with E-state index < -0.39 is 0 Å². The molecule has 2 atom stereocenters. The summed E-state index contributed by atoms with van der Waals surface area (Å²) >= 11 is 0. The standard InChI is InChI=1S/C14H20O/c1-9(2)12-6-4-10(3)13-7-5-11(15)8-14(12)13/h8,10,13H,4-7H2,1-3H3/t10-,13+/m1/s1. The Morgan fingerprint density at radius 1 is 1.27 bits per heavy atom. The van der Waals surface area contributed by atoms with Crippen LogP contribution in [0.15, 0.2) is 22.8 Å². The number of carbonyl (C=O) groups is 1. The Labute approximate surface area is 92.3 Å². The molecule has 0 aromatic carbocycles. The molecule has 0 bridgehead atoms. The van der Waals surface area contributed by atoms with E-state index in [4.69, 9.17) is 0 Å². The smallest absolute Gasteiger partial charge is 0.156 e. The van der Waals surface area contributed by atoms with Gasteiger partial charge in [-0.25, -0.2) is 0 Å². The van der Waals surface area contributed by atoms with Crippen LogP contribution in [0, 0.1) is 11.8 Å². The summed E-state index contributed by atoms with van der Waals surface area (Å²) in [7, 11) is 0. The van der Waals surface area contributed by atoms with E-state index in [2.05, 4.69) is 20.8 Å². The molecule has 1 fully saturated rings. The van der Waals surface area contributed by atoms with Crippen LogP contribution in [0.5, 0.6) is 0 Å². The van der Waals surface area contributed by atoms with Gasteiger partial charge in [0.25, 0.3) is 0 Å². The second-order valence-corrected chi connectivity index (χ2v) is 5.21. The number of fused-ring (bicyclic) bond motifs is 1. The molecule has 2 aliphatic rings. The first-order valence-corrected chi connectivity index (χ1v) is 6.00. The van der Waals surface area contributed by atoms with Crippen LogP contribution in [-0.4, -0.2) is 5.78 Å². The van der Waals surface area contributed by atoms with Crippen LogP contribution in [0.4, 0.5) is 0 Å². The molecule has 1 heteroatoms. The zero-order valence-electron chi connectivity index (χ0n) is 9.97. The molecular weight excluding hydrogens is 184 g/mol. The van der Waals surface area contributed by atoms with Gasteiger partial charge in [0.15, 0.2) is 5.78 Å². The molecule has 0 aliphatic heterocycles. The zero-order valence-corrected chi connectivity index (χ0v) is 9.97. The first kappa shape index (κ1) is 10.7. The summed E-state index contributed by atoms with van der Waals surface area (Å²) in [6, 6.07) is 0. The van der Waals surface area contributed by atoms with Crippen molar-refractivity contribution in [3.63, 3.8) is 0 Å². The van der Waals surface area contributed by atoms with E-state index in [1.165, 1.54) is 29.6 Å². The monoisotopic (exact) mass is 204 g/mol. The third kappa shape index (κ3) is 1.92. The summed E-state index contributed by atoms with van der Waals surface area (Å²) in [4.78, 5) is 11.5. The Balaban J connectivity index is 2.41. The Kier molecular flexibility index (Phi) is 2.81. The van der Waals surface area contributed by atoms with Crippen molar-refractivity contribution in [1.29, 1.82) is 0 Å². The third-order valence-electron chi connectivity index (χ3n) is 3.91. The molecule has 2 aliphatic carbocycles. The van der Waals surface area contributed by atoms with Crippen LogP contribution in [0.1, 0.15) is 46.5 Å². The normalized spacial score (nSPS) is 31.0. The minimum Gasteiger partial charge on any atom is -0.295 e. The zero-order chi connectivity index (χ0) is 11.0. The molecule has 1 nitrogen and oxygen atoms in total. The summed E-state index contributed by atoms with van der Waals surface area (Å²) in [6.07, 6.45) is 6.21. The van der Waals surface area contributed by atoms with Gasteiger partial charge >= 0.3 is 0 Å². The van der Waals surface area contributed by atoms with E-state index >= 15 is 0 Å². The number of ketones is 1. The van der Waals surface area contributed by atoms with Crippen molar-refractivity contribution in [2.75, 3.05) is 0 Å². The second kappa shape index (κ2) is 3.96. The molecule has 0 saturated heterocycles. The van der Waals surface area contributed by atoms with E-state index in [-0.39, 0.29) is 0 Å². The Hall–Kier alpha value is -0.850. The van der Waals surface area contributed by atoms with Crippen LogP contribution in [0.2, 0.25) is 0 Å². The van der Waals surface area contributed by atoms with Crippen molar-refractivity contribution in [1.82, 2.24) is 0 Å². The largest absolute Gasteiger partial charge is 0.295 e. The average molecular weight is 204 g/mol. The Morgan fingerprint density at radius 2 is 2.00 bits per heavy atom. The van der Waals surface area contributed by atoms with Crippen molar-refractivity contribution in [2.45, 2.75) is 46.5 Å². The summed E-state index contributed by atoms with van der Waals surface area (Å²) < 4.78 is 0. The van der Waals surface area contributed by atoms with Crippen LogP contribution in [-0.2, 0) is 4.79 Å². The molecule has 0 unspecified atom stereocenters. The fourth-order valence-corrected chi connectivity index (χ4v) is 2.96. The quantitative estimate of drug-likeness (QED) is 0.588. The molecule has 0 spiro atoms. The summed E-state index contributed by atoms with van der Waals surface area (Å²) in [5.74, 6) is 1.74. The van der Waals surface area contributed by atoms with Gasteiger partial charge in [-0.15, -0.1) is 0 Å². The van der Waals surface area contributed by atoms with Gasteiger partial charge in [0.2, 0.25) is 0 Å². The Morgan fingerprint density at radius 3 is 2.67 bits per heavy atom. The lowest BCUT2D eigenvalue weighted by molar-refractivity contribution is -0.115. The average Bonchev–Trinajstić information content (AvgIpc) is 2.17. The minimum absolute atomic E-state index is 0.328. The minimum atomic E-state index is 0.328. The third-order valence-corrected chi connectivity index (χ3v) is 3.91. The van der Waals surface area contributed by atoms with Crippen LogP contribution < -0.4 is 0 Å². The fraction of sp³-hybridized carbons (Fsp3) is 0.643. The van der Waals surface area contributed by atoms with Gasteiger partial charge in [0, 0.05) is 6.42 Å². The molecule has 0 amide bonds. The summed E-state index contributed by atoms with van der Waals surface area (Å²) in [6.45, 7) is 6.67. The first-order valence-electron chi connectivity index (χ1n) is 6.00. The van der Waals surface area contributed by atoms with Gasteiger partial charge in [-0.1, -0.05) is 12.5 Å². The van der Waals surface area contributed by atoms with Gasteiger partial charge < -0.3 is 0 Å². The fourth-order valence-electron chi connectivity index (χ4n) is 2.96. The highest BCUT2D eigenvalue weighted by Gasteiger charge is 2.32. The van der Waals surface area contributed by atoms with Gasteiger partial charge in [-0.2, -0.15) is 0 Å². The van der Waals surface area contributed by atoms with Gasteiger partial charge in [-0.3, -0.25) is 4.79 Å². The van der Waals surface area contributed by atoms with Crippen molar-refractivity contribution >= 4 is 5.78 Å². The van der Waals surface area contributed by atoms with Crippen molar-refractivity contribution in [3.05, 3.63) is 22.8 Å². The molecule has 2 rings (SSSR count). The molecule has 82 valence electrons. The number of allylic oxidation sites excluding steroid dienone is 4. The lowest BCUT2D eigenvalue weighted by atomic mass is 9.68. The van der Waals surface area contributed by atoms with E-state index in [9.17, 15) is 4.79 Å².